The van der Waals surface area contributed by atoms with Crippen LogP contribution in [0, 0.1) is 17.0 Å². The number of nitro benzene ring substituents is 1. The minimum atomic E-state index is -0.745. The molecule has 9 nitrogen and oxygen atoms in total. The second-order valence-corrected chi connectivity index (χ2v) is 9.99. The standard InChI is InChI=1S/C29H24N4O5S/c1-17-9-10-19(15-23(17)33(36)37)16-24-28(35)32-26(20-11-13-22(38-3)14-12-20)25(18(2)30-29(32)39-24)27(34)31-21-7-5-4-6-8-21/h4-16,26H,1-3H3,(H,31,34)/b24-16-/t26-/m0/s1. The molecule has 1 atom stereocenters. The summed E-state index contributed by atoms with van der Waals surface area (Å²) >= 11 is 1.17. The lowest BCUT2D eigenvalue weighted by molar-refractivity contribution is -0.385. The summed E-state index contributed by atoms with van der Waals surface area (Å²) in [5.41, 5.74) is 2.84. The first kappa shape index (κ1) is 25.8. The number of fused-ring (bicyclic) bond motifs is 1. The van der Waals surface area contributed by atoms with E-state index in [1.807, 2.05) is 30.3 Å². The van der Waals surface area contributed by atoms with Crippen LogP contribution in [0.2, 0.25) is 0 Å². The molecular weight excluding hydrogens is 516 g/mol. The Balaban J connectivity index is 1.67. The van der Waals surface area contributed by atoms with Gasteiger partial charge in [-0.25, -0.2) is 4.99 Å². The number of nitro groups is 1. The summed E-state index contributed by atoms with van der Waals surface area (Å²) in [4.78, 5) is 43.5. The highest BCUT2D eigenvalue weighted by Crippen LogP contribution is 2.31. The number of methoxy groups -OCH3 is 1. The third-order valence-electron chi connectivity index (χ3n) is 6.46. The van der Waals surface area contributed by atoms with Gasteiger partial charge < -0.3 is 10.1 Å². The largest absolute Gasteiger partial charge is 0.497 e. The van der Waals surface area contributed by atoms with E-state index in [0.717, 1.165) is 0 Å². The van der Waals surface area contributed by atoms with Crippen molar-refractivity contribution < 1.29 is 14.5 Å². The highest BCUT2D eigenvalue weighted by Gasteiger charge is 2.32. The van der Waals surface area contributed by atoms with Crippen molar-refractivity contribution in [2.75, 3.05) is 12.4 Å². The van der Waals surface area contributed by atoms with Gasteiger partial charge in [0.25, 0.3) is 17.2 Å². The molecule has 39 heavy (non-hydrogen) atoms. The van der Waals surface area contributed by atoms with Gasteiger partial charge in [0.1, 0.15) is 5.75 Å². The monoisotopic (exact) mass is 540 g/mol. The van der Waals surface area contributed by atoms with Crippen molar-refractivity contribution in [1.29, 1.82) is 0 Å². The first-order valence-corrected chi connectivity index (χ1v) is 12.9. The number of aryl methyl sites for hydroxylation is 1. The van der Waals surface area contributed by atoms with Crippen LogP contribution in [-0.2, 0) is 4.79 Å². The predicted molar refractivity (Wildman–Crippen MR) is 150 cm³/mol. The molecule has 196 valence electrons. The molecule has 0 saturated heterocycles. The molecule has 0 unspecified atom stereocenters. The van der Waals surface area contributed by atoms with Gasteiger partial charge in [-0.15, -0.1) is 0 Å². The number of thiazole rings is 1. The molecule has 0 aliphatic carbocycles. The number of aromatic nitrogens is 1. The Morgan fingerprint density at radius 2 is 1.82 bits per heavy atom. The van der Waals surface area contributed by atoms with Crippen molar-refractivity contribution in [3.05, 3.63) is 131 Å². The number of hydrogen-bond acceptors (Lipinski definition) is 7. The van der Waals surface area contributed by atoms with Crippen molar-refractivity contribution >= 4 is 34.7 Å². The molecule has 1 aliphatic rings. The smallest absolute Gasteiger partial charge is 0.272 e. The summed E-state index contributed by atoms with van der Waals surface area (Å²) in [6, 6.07) is 20.3. The Labute approximate surface area is 227 Å². The number of allylic oxidation sites excluding steroid dienone is 1. The van der Waals surface area contributed by atoms with Gasteiger partial charge in [-0.1, -0.05) is 53.8 Å². The molecule has 5 rings (SSSR count). The number of anilines is 1. The van der Waals surface area contributed by atoms with Gasteiger partial charge in [-0.3, -0.25) is 24.3 Å². The summed E-state index contributed by atoms with van der Waals surface area (Å²) in [6.45, 7) is 3.41. The zero-order chi connectivity index (χ0) is 27.7. The molecule has 0 spiro atoms. The number of hydrogen-bond donors (Lipinski definition) is 1. The fraction of sp³-hybridized carbons (Fsp3) is 0.138. The van der Waals surface area contributed by atoms with Gasteiger partial charge in [0.2, 0.25) is 0 Å². The highest BCUT2D eigenvalue weighted by molar-refractivity contribution is 7.07. The average Bonchev–Trinajstić information content (AvgIpc) is 3.23. The lowest BCUT2D eigenvalue weighted by atomic mass is 9.95. The van der Waals surface area contributed by atoms with Gasteiger partial charge in [0.15, 0.2) is 4.80 Å². The minimum Gasteiger partial charge on any atom is -0.497 e. The van der Waals surface area contributed by atoms with E-state index in [9.17, 15) is 19.7 Å². The fourth-order valence-corrected chi connectivity index (χ4v) is 5.54. The van der Waals surface area contributed by atoms with Gasteiger partial charge in [0, 0.05) is 17.3 Å². The number of para-hydroxylation sites is 1. The molecule has 1 amide bonds. The number of carbonyl (C=O) groups excluding carboxylic acids is 1. The van der Waals surface area contributed by atoms with Crippen molar-refractivity contribution in [2.45, 2.75) is 19.9 Å². The van der Waals surface area contributed by atoms with Crippen LogP contribution in [0.5, 0.6) is 5.75 Å². The van der Waals surface area contributed by atoms with Crippen molar-refractivity contribution in [1.82, 2.24) is 4.57 Å². The number of nitrogens with zero attached hydrogens (tertiary/aromatic N) is 3. The van der Waals surface area contributed by atoms with E-state index in [1.165, 1.54) is 22.0 Å². The van der Waals surface area contributed by atoms with Crippen LogP contribution in [0.15, 0.2) is 93.9 Å². The van der Waals surface area contributed by atoms with Crippen molar-refractivity contribution in [2.24, 2.45) is 4.99 Å². The van der Waals surface area contributed by atoms with Crippen LogP contribution >= 0.6 is 11.3 Å². The molecule has 1 N–H and O–H groups in total. The number of rotatable bonds is 6. The van der Waals surface area contributed by atoms with Crippen molar-refractivity contribution in [3.63, 3.8) is 0 Å². The zero-order valence-electron chi connectivity index (χ0n) is 21.4. The Kier molecular flexibility index (Phi) is 6.95. The first-order valence-electron chi connectivity index (χ1n) is 12.0. The van der Waals surface area contributed by atoms with Gasteiger partial charge in [0.05, 0.1) is 33.9 Å². The normalized spacial score (nSPS) is 14.9. The maximum Gasteiger partial charge on any atom is 0.272 e. The summed E-state index contributed by atoms with van der Waals surface area (Å²) < 4.78 is 7.16. The summed E-state index contributed by atoms with van der Waals surface area (Å²) in [5.74, 6) is 0.273. The van der Waals surface area contributed by atoms with E-state index in [4.69, 9.17) is 4.74 Å². The van der Waals surface area contributed by atoms with E-state index in [1.54, 1.807) is 63.4 Å². The number of amides is 1. The number of nitrogens with one attached hydrogen (secondary N) is 1. The number of carbonyl (C=O) groups is 1. The lowest BCUT2D eigenvalue weighted by Crippen LogP contribution is -2.40. The summed E-state index contributed by atoms with van der Waals surface area (Å²) in [7, 11) is 1.57. The first-order chi connectivity index (χ1) is 18.8. The van der Waals surface area contributed by atoms with Crippen molar-refractivity contribution in [3.8, 4) is 5.75 Å². The fourth-order valence-electron chi connectivity index (χ4n) is 4.50. The molecule has 2 heterocycles. The molecule has 1 aromatic heterocycles. The molecule has 3 aromatic carbocycles. The van der Waals surface area contributed by atoms with Crippen LogP contribution in [0.4, 0.5) is 11.4 Å². The minimum absolute atomic E-state index is 0.0247. The molecule has 0 radical (unpaired) electrons. The van der Waals surface area contributed by atoms with Crippen LogP contribution in [0.1, 0.15) is 29.7 Å². The van der Waals surface area contributed by atoms with E-state index in [-0.39, 0.29) is 17.2 Å². The van der Waals surface area contributed by atoms with Gasteiger partial charge in [-0.2, -0.15) is 0 Å². The topological polar surface area (TPSA) is 116 Å². The maximum absolute atomic E-state index is 13.8. The molecule has 0 saturated carbocycles. The zero-order valence-corrected chi connectivity index (χ0v) is 22.2. The summed E-state index contributed by atoms with van der Waals surface area (Å²) in [5, 5.41) is 14.3. The quantitative estimate of drug-likeness (QED) is 0.292. The number of ether oxygens (including phenoxy) is 1. The predicted octanol–water partition coefficient (Wildman–Crippen LogP) is 4.10. The third kappa shape index (κ3) is 5.01. The Morgan fingerprint density at radius 3 is 2.49 bits per heavy atom. The van der Waals surface area contributed by atoms with Crippen LogP contribution in [-0.4, -0.2) is 22.5 Å². The molecule has 0 fully saturated rings. The summed E-state index contributed by atoms with van der Waals surface area (Å²) in [6.07, 6.45) is 1.62. The number of benzene rings is 3. The molecular formula is C29H24N4O5S. The molecule has 1 aliphatic heterocycles. The van der Waals surface area contributed by atoms with Gasteiger partial charge in [-0.05, 0) is 55.3 Å². The molecule has 10 heteroatoms. The van der Waals surface area contributed by atoms with Gasteiger partial charge >= 0.3 is 0 Å². The average molecular weight is 541 g/mol. The van der Waals surface area contributed by atoms with E-state index in [2.05, 4.69) is 10.3 Å². The Hall–Kier alpha value is -4.83. The van der Waals surface area contributed by atoms with E-state index >= 15 is 0 Å². The maximum atomic E-state index is 13.8. The molecule has 4 aromatic rings. The second-order valence-electron chi connectivity index (χ2n) is 8.98. The van der Waals surface area contributed by atoms with E-state index in [0.29, 0.717) is 48.7 Å². The molecule has 0 bridgehead atoms. The Morgan fingerprint density at radius 1 is 1.10 bits per heavy atom. The third-order valence-corrected chi connectivity index (χ3v) is 7.44. The SMILES string of the molecule is COc1ccc([C@H]2C(C(=O)Nc3ccccc3)=C(C)N=c3s/c(=C\c4ccc(C)c([N+](=O)[O-])c4)c(=O)n32)cc1. The van der Waals surface area contributed by atoms with E-state index < -0.39 is 11.0 Å². The second kappa shape index (κ2) is 10.5. The highest BCUT2D eigenvalue weighted by atomic mass is 32.1. The van der Waals surface area contributed by atoms with Crippen LogP contribution in [0.3, 0.4) is 0 Å². The lowest BCUT2D eigenvalue weighted by Gasteiger charge is -2.25. The Bertz CT molecular complexity index is 1810. The van der Waals surface area contributed by atoms with Crippen LogP contribution in [0.25, 0.3) is 6.08 Å². The van der Waals surface area contributed by atoms with Crippen LogP contribution < -0.4 is 24.9 Å².